The van der Waals surface area contributed by atoms with Gasteiger partial charge >= 0.3 is 0 Å². The third-order valence-electron chi connectivity index (χ3n) is 4.34. The van der Waals surface area contributed by atoms with E-state index in [1.807, 2.05) is 30.1 Å². The molecule has 2 aliphatic heterocycles. The third-order valence-corrected chi connectivity index (χ3v) is 4.59. The maximum absolute atomic E-state index is 12.7. The second-order valence-corrected chi connectivity index (χ2v) is 6.84. The molecular formula is C17H21ClN4O4. The number of rotatable bonds is 5. The molecule has 4 N–H and O–H groups in total. The Morgan fingerprint density at radius 2 is 2.08 bits per heavy atom. The molecule has 3 rings (SSSR count). The Kier molecular flexibility index (Phi) is 5.47. The molecule has 1 aromatic rings. The molecule has 2 atom stereocenters. The van der Waals surface area contributed by atoms with Gasteiger partial charge in [-0.15, -0.1) is 0 Å². The van der Waals surface area contributed by atoms with Crippen molar-refractivity contribution in [2.24, 2.45) is 0 Å². The number of aliphatic hydroxyl groups is 2. The molecule has 0 aliphatic carbocycles. The quantitative estimate of drug-likeness (QED) is 0.525. The van der Waals surface area contributed by atoms with Gasteiger partial charge in [0.2, 0.25) is 5.91 Å². The molecule has 2 heterocycles. The molecular weight excluding hydrogens is 360 g/mol. The second kappa shape index (κ2) is 7.63. The molecule has 140 valence electrons. The first-order valence-corrected chi connectivity index (χ1v) is 8.67. The van der Waals surface area contributed by atoms with Crippen molar-refractivity contribution in [1.29, 1.82) is 0 Å². The number of nitrogens with one attached hydrogen (secondary N) is 2. The Bertz CT molecular complexity index is 722. The summed E-state index contributed by atoms with van der Waals surface area (Å²) in [5.41, 5.74) is 4.79. The summed E-state index contributed by atoms with van der Waals surface area (Å²) in [4.78, 5) is 26.1. The standard InChI is InChI=1S/C17H21ClN4O4/c1-10-8-21(9-15(23)19-7-16(24)25)17(26)14-6-13(20-22(10)14)11-2-4-12(18)5-3-11/h2-6,10,13,16,20,24-25H,7-9H2,1H3,(H,19,23). The Morgan fingerprint density at radius 1 is 1.38 bits per heavy atom. The van der Waals surface area contributed by atoms with Crippen LogP contribution in [0.15, 0.2) is 36.0 Å². The van der Waals surface area contributed by atoms with E-state index < -0.39 is 12.2 Å². The number of amides is 2. The van der Waals surface area contributed by atoms with Crippen LogP contribution in [0.25, 0.3) is 0 Å². The van der Waals surface area contributed by atoms with Crippen LogP contribution in [0.2, 0.25) is 5.02 Å². The number of nitrogens with zero attached hydrogens (tertiary/aromatic N) is 2. The number of carbonyl (C=O) groups is 2. The molecule has 0 spiro atoms. The summed E-state index contributed by atoms with van der Waals surface area (Å²) in [5, 5.41) is 22.5. The molecule has 0 saturated carbocycles. The normalized spacial score (nSPS) is 22.5. The van der Waals surface area contributed by atoms with Crippen molar-refractivity contribution in [1.82, 2.24) is 20.7 Å². The number of carbonyl (C=O) groups excluding carboxylic acids is 2. The van der Waals surface area contributed by atoms with E-state index in [2.05, 4.69) is 10.7 Å². The van der Waals surface area contributed by atoms with Gasteiger partial charge in [0, 0.05) is 11.6 Å². The molecule has 8 nitrogen and oxygen atoms in total. The third kappa shape index (κ3) is 3.99. The summed E-state index contributed by atoms with van der Waals surface area (Å²) >= 11 is 5.92. The summed E-state index contributed by atoms with van der Waals surface area (Å²) in [6.45, 7) is 1.93. The van der Waals surface area contributed by atoms with Gasteiger partial charge in [-0.2, -0.15) is 0 Å². The van der Waals surface area contributed by atoms with Crippen molar-refractivity contribution < 1.29 is 19.8 Å². The molecule has 2 aliphatic rings. The zero-order chi connectivity index (χ0) is 18.8. The SMILES string of the molecule is CC1CN(CC(=O)NCC(O)O)C(=O)C2=CC(c3ccc(Cl)cc3)NN21. The molecule has 1 fully saturated rings. The van der Waals surface area contributed by atoms with Crippen LogP contribution in [-0.4, -0.2) is 63.9 Å². The summed E-state index contributed by atoms with van der Waals surface area (Å²) in [7, 11) is 0. The fraction of sp³-hybridized carbons (Fsp3) is 0.412. The van der Waals surface area contributed by atoms with Crippen LogP contribution in [-0.2, 0) is 9.59 Å². The number of hydrogen-bond acceptors (Lipinski definition) is 6. The van der Waals surface area contributed by atoms with Crippen LogP contribution < -0.4 is 10.7 Å². The Morgan fingerprint density at radius 3 is 2.73 bits per heavy atom. The lowest BCUT2D eigenvalue weighted by Crippen LogP contribution is -2.57. The van der Waals surface area contributed by atoms with Crippen molar-refractivity contribution in [3.8, 4) is 0 Å². The number of halogens is 1. The number of benzene rings is 1. The highest BCUT2D eigenvalue weighted by molar-refractivity contribution is 6.30. The summed E-state index contributed by atoms with van der Waals surface area (Å²) in [5.74, 6) is -0.681. The van der Waals surface area contributed by atoms with Gasteiger partial charge in [-0.3, -0.25) is 14.6 Å². The summed E-state index contributed by atoms with van der Waals surface area (Å²) in [6.07, 6.45) is 0.219. The zero-order valence-corrected chi connectivity index (χ0v) is 15.0. The minimum absolute atomic E-state index is 0.0208. The largest absolute Gasteiger partial charge is 0.367 e. The van der Waals surface area contributed by atoms with Crippen LogP contribution in [0, 0.1) is 0 Å². The zero-order valence-electron chi connectivity index (χ0n) is 14.2. The van der Waals surface area contributed by atoms with Crippen molar-refractivity contribution >= 4 is 23.4 Å². The molecule has 2 unspecified atom stereocenters. The van der Waals surface area contributed by atoms with Crippen LogP contribution in [0.1, 0.15) is 18.5 Å². The minimum Gasteiger partial charge on any atom is -0.367 e. The molecule has 1 saturated heterocycles. The summed E-state index contributed by atoms with van der Waals surface area (Å²) in [6, 6.07) is 7.23. The van der Waals surface area contributed by atoms with Gasteiger partial charge in [-0.05, 0) is 30.7 Å². The molecule has 0 radical (unpaired) electrons. The van der Waals surface area contributed by atoms with E-state index >= 15 is 0 Å². The lowest BCUT2D eigenvalue weighted by atomic mass is 10.1. The number of fused-ring (bicyclic) bond motifs is 1. The number of hydrazine groups is 1. The van der Waals surface area contributed by atoms with Gasteiger partial charge in [0.25, 0.3) is 5.91 Å². The Hall–Kier alpha value is -2.13. The predicted molar refractivity (Wildman–Crippen MR) is 94.5 cm³/mol. The van der Waals surface area contributed by atoms with Gasteiger partial charge < -0.3 is 20.4 Å². The van der Waals surface area contributed by atoms with Gasteiger partial charge in [-0.25, -0.2) is 5.43 Å². The maximum Gasteiger partial charge on any atom is 0.271 e. The number of hydrogen-bond donors (Lipinski definition) is 4. The van der Waals surface area contributed by atoms with Gasteiger partial charge in [0.15, 0.2) is 6.29 Å². The Labute approximate surface area is 156 Å². The first kappa shape index (κ1) is 18.7. The van der Waals surface area contributed by atoms with Gasteiger partial charge in [0.05, 0.1) is 25.2 Å². The lowest BCUT2D eigenvalue weighted by molar-refractivity contribution is -0.139. The van der Waals surface area contributed by atoms with E-state index in [0.29, 0.717) is 17.3 Å². The first-order chi connectivity index (χ1) is 12.3. The fourth-order valence-electron chi connectivity index (χ4n) is 3.09. The van der Waals surface area contributed by atoms with Gasteiger partial charge in [-0.1, -0.05) is 23.7 Å². The maximum atomic E-state index is 12.7. The highest BCUT2D eigenvalue weighted by atomic mass is 35.5. The monoisotopic (exact) mass is 380 g/mol. The predicted octanol–water partition coefficient (Wildman–Crippen LogP) is -0.257. The van der Waals surface area contributed by atoms with Crippen molar-refractivity contribution in [2.45, 2.75) is 25.3 Å². The highest BCUT2D eigenvalue weighted by Crippen LogP contribution is 2.30. The number of aliphatic hydroxyl groups excluding tert-OH is 1. The average Bonchev–Trinajstić information content (AvgIpc) is 3.04. The highest BCUT2D eigenvalue weighted by Gasteiger charge is 2.39. The second-order valence-electron chi connectivity index (χ2n) is 6.40. The van der Waals surface area contributed by atoms with E-state index in [9.17, 15) is 9.59 Å². The van der Waals surface area contributed by atoms with Crippen molar-refractivity contribution in [3.63, 3.8) is 0 Å². The molecule has 26 heavy (non-hydrogen) atoms. The smallest absolute Gasteiger partial charge is 0.271 e. The van der Waals surface area contributed by atoms with E-state index in [0.717, 1.165) is 5.56 Å². The topological polar surface area (TPSA) is 105 Å². The molecule has 1 aromatic carbocycles. The number of piperazine rings is 1. The first-order valence-electron chi connectivity index (χ1n) is 8.30. The molecule has 0 bridgehead atoms. The van der Waals surface area contributed by atoms with E-state index in [1.165, 1.54) is 4.90 Å². The van der Waals surface area contributed by atoms with Crippen molar-refractivity contribution in [3.05, 3.63) is 46.6 Å². The molecule has 2 amide bonds. The van der Waals surface area contributed by atoms with E-state index in [-0.39, 0.29) is 31.1 Å². The van der Waals surface area contributed by atoms with E-state index in [1.54, 1.807) is 12.1 Å². The lowest BCUT2D eigenvalue weighted by Gasteiger charge is -2.39. The Balaban J connectivity index is 1.71. The van der Waals surface area contributed by atoms with Crippen molar-refractivity contribution in [2.75, 3.05) is 19.6 Å². The van der Waals surface area contributed by atoms with Crippen LogP contribution in [0.5, 0.6) is 0 Å². The minimum atomic E-state index is -1.62. The summed E-state index contributed by atoms with van der Waals surface area (Å²) < 4.78 is 0. The van der Waals surface area contributed by atoms with E-state index in [4.69, 9.17) is 21.8 Å². The van der Waals surface area contributed by atoms with Crippen LogP contribution in [0.3, 0.4) is 0 Å². The van der Waals surface area contributed by atoms with Crippen LogP contribution in [0.4, 0.5) is 0 Å². The average molecular weight is 381 g/mol. The van der Waals surface area contributed by atoms with Crippen LogP contribution >= 0.6 is 11.6 Å². The fourth-order valence-corrected chi connectivity index (χ4v) is 3.22. The van der Waals surface area contributed by atoms with Gasteiger partial charge in [0.1, 0.15) is 5.70 Å². The molecule has 9 heteroatoms. The molecule has 0 aromatic heterocycles.